The Kier molecular flexibility index (Phi) is 4.32. The van der Waals surface area contributed by atoms with Crippen LogP contribution in [0.2, 0.25) is 0 Å². The van der Waals surface area contributed by atoms with Gasteiger partial charge >= 0.3 is 0 Å². The van der Waals surface area contributed by atoms with E-state index in [0.717, 1.165) is 34.8 Å². The van der Waals surface area contributed by atoms with E-state index in [-0.39, 0.29) is 5.91 Å². The van der Waals surface area contributed by atoms with Crippen LogP contribution in [0.15, 0.2) is 42.7 Å². The van der Waals surface area contributed by atoms with Crippen LogP contribution in [0.25, 0.3) is 21.8 Å². The number of hydrogen-bond donors (Lipinski definition) is 2. The number of rotatable bonds is 3. The van der Waals surface area contributed by atoms with Crippen molar-refractivity contribution in [2.75, 3.05) is 18.9 Å². The minimum atomic E-state index is -0.182. The van der Waals surface area contributed by atoms with Crippen LogP contribution in [0, 0.1) is 0 Å². The van der Waals surface area contributed by atoms with Gasteiger partial charge in [0.25, 0.3) is 5.91 Å². The molecule has 1 aromatic carbocycles. The van der Waals surface area contributed by atoms with Crippen LogP contribution in [-0.4, -0.2) is 44.1 Å². The van der Waals surface area contributed by atoms with Crippen molar-refractivity contribution in [3.05, 3.63) is 54.0 Å². The summed E-state index contributed by atoms with van der Waals surface area (Å²) in [4.78, 5) is 23.1. The summed E-state index contributed by atoms with van der Waals surface area (Å²) in [6, 6.07) is 10.1. The zero-order valence-electron chi connectivity index (χ0n) is 16.6. The molecule has 7 nitrogen and oxygen atoms in total. The summed E-state index contributed by atoms with van der Waals surface area (Å²) in [7, 11) is 4.05. The molecule has 5 rings (SSSR count). The van der Waals surface area contributed by atoms with Gasteiger partial charge in [-0.05, 0) is 44.6 Å². The van der Waals surface area contributed by atoms with Gasteiger partial charge in [0.2, 0.25) is 0 Å². The van der Waals surface area contributed by atoms with E-state index < -0.39 is 0 Å². The van der Waals surface area contributed by atoms with E-state index in [2.05, 4.69) is 38.4 Å². The minimum Gasteiger partial charge on any atom is -0.357 e. The van der Waals surface area contributed by atoms with Gasteiger partial charge in [0.05, 0.1) is 17.2 Å². The molecule has 3 aromatic heterocycles. The average molecular weight is 388 g/mol. The van der Waals surface area contributed by atoms with Crippen LogP contribution in [-0.2, 0) is 7.05 Å². The number of amides is 1. The van der Waals surface area contributed by atoms with Crippen molar-refractivity contribution in [1.82, 2.24) is 24.6 Å². The highest BCUT2D eigenvalue weighted by Gasteiger charge is 2.22. The molecule has 2 N–H and O–H groups in total. The van der Waals surface area contributed by atoms with Crippen molar-refractivity contribution in [2.45, 2.75) is 25.3 Å². The molecule has 4 aromatic rings. The molecule has 7 heteroatoms. The molecule has 1 amide bonds. The van der Waals surface area contributed by atoms with Gasteiger partial charge < -0.3 is 10.3 Å². The van der Waals surface area contributed by atoms with E-state index in [9.17, 15) is 4.79 Å². The number of fused-ring (bicyclic) bond motifs is 2. The van der Waals surface area contributed by atoms with Crippen LogP contribution >= 0.6 is 0 Å². The van der Waals surface area contributed by atoms with Crippen LogP contribution in [0.3, 0.4) is 0 Å². The third-order valence-electron chi connectivity index (χ3n) is 5.91. The molecule has 0 aliphatic carbocycles. The molecular formula is C22H24N6O. The summed E-state index contributed by atoms with van der Waals surface area (Å²) < 4.78 is 1.76. The van der Waals surface area contributed by atoms with Gasteiger partial charge in [0, 0.05) is 47.4 Å². The molecule has 1 aliphatic heterocycles. The Hall–Kier alpha value is -3.19. The molecule has 1 aliphatic rings. The second-order valence-corrected chi connectivity index (χ2v) is 7.87. The highest BCUT2D eigenvalue weighted by atomic mass is 16.1. The first-order chi connectivity index (χ1) is 14.1. The number of H-pyrrole nitrogens is 1. The molecule has 0 unspecified atom stereocenters. The second-order valence-electron chi connectivity index (χ2n) is 7.87. The van der Waals surface area contributed by atoms with Gasteiger partial charge in [-0.3, -0.25) is 14.4 Å². The quantitative estimate of drug-likeness (QED) is 0.559. The highest BCUT2D eigenvalue weighted by Crippen LogP contribution is 2.31. The number of carbonyl (C=O) groups is 1. The standard InChI is InChI=1S/C22H24N6O/c1-27-8-4-3-5-19(27)18-9-16-12-23-21(11-17(16)25-18)26-22(29)14-6-7-15-13-24-28(2)20(15)10-14/h6-7,9-13,19,25H,3-5,8H2,1-2H3,(H,23,26,29)/t19-/m1/s1. The molecular weight excluding hydrogens is 364 g/mol. The largest absolute Gasteiger partial charge is 0.357 e. The number of anilines is 1. The number of aryl methyl sites for hydroxylation is 1. The van der Waals surface area contributed by atoms with Gasteiger partial charge in [-0.2, -0.15) is 5.10 Å². The Labute approximate surface area is 168 Å². The Morgan fingerprint density at radius 3 is 2.90 bits per heavy atom. The average Bonchev–Trinajstić information content (AvgIpc) is 3.31. The van der Waals surface area contributed by atoms with Crippen molar-refractivity contribution < 1.29 is 4.79 Å². The number of piperidine rings is 1. The SMILES string of the molecule is CN1CCCC[C@@H]1c1cc2cnc(NC(=O)c3ccc4cnn(C)c4c3)cc2[nH]1. The Morgan fingerprint density at radius 2 is 2.03 bits per heavy atom. The summed E-state index contributed by atoms with van der Waals surface area (Å²) >= 11 is 0. The Balaban J connectivity index is 1.39. The predicted molar refractivity (Wildman–Crippen MR) is 114 cm³/mol. The van der Waals surface area contributed by atoms with Crippen LogP contribution in [0.4, 0.5) is 5.82 Å². The number of nitrogens with one attached hydrogen (secondary N) is 2. The number of nitrogens with zero attached hydrogens (tertiary/aromatic N) is 4. The van der Waals surface area contributed by atoms with Crippen molar-refractivity contribution >= 4 is 33.5 Å². The summed E-state index contributed by atoms with van der Waals surface area (Å²) in [5, 5.41) is 9.21. The lowest BCUT2D eigenvalue weighted by molar-refractivity contribution is 0.102. The number of likely N-dealkylation sites (tertiary alicyclic amines) is 1. The number of benzene rings is 1. The lowest BCUT2D eigenvalue weighted by atomic mass is 10.0. The van der Waals surface area contributed by atoms with E-state index in [1.807, 2.05) is 37.5 Å². The van der Waals surface area contributed by atoms with Crippen LogP contribution in [0.5, 0.6) is 0 Å². The lowest BCUT2D eigenvalue weighted by Crippen LogP contribution is -2.29. The van der Waals surface area contributed by atoms with Gasteiger partial charge in [0.15, 0.2) is 0 Å². The third kappa shape index (κ3) is 3.27. The van der Waals surface area contributed by atoms with Gasteiger partial charge in [-0.15, -0.1) is 0 Å². The van der Waals surface area contributed by atoms with E-state index in [1.54, 1.807) is 10.9 Å². The maximum Gasteiger partial charge on any atom is 0.256 e. The molecule has 1 fully saturated rings. The fraction of sp³-hybridized carbons (Fsp3) is 0.318. The van der Waals surface area contributed by atoms with E-state index in [0.29, 0.717) is 17.4 Å². The zero-order valence-corrected chi connectivity index (χ0v) is 16.6. The highest BCUT2D eigenvalue weighted by molar-refractivity contribution is 6.06. The molecule has 1 atom stereocenters. The van der Waals surface area contributed by atoms with E-state index in [1.165, 1.54) is 18.5 Å². The maximum absolute atomic E-state index is 12.7. The van der Waals surface area contributed by atoms with Crippen LogP contribution in [0.1, 0.15) is 41.4 Å². The number of aromatic nitrogens is 4. The molecule has 0 bridgehead atoms. The van der Waals surface area contributed by atoms with Crippen LogP contribution < -0.4 is 5.32 Å². The number of pyridine rings is 1. The lowest BCUT2D eigenvalue weighted by Gasteiger charge is -2.31. The topological polar surface area (TPSA) is 78.8 Å². The molecule has 148 valence electrons. The Bertz CT molecular complexity index is 1210. The van der Waals surface area contributed by atoms with Gasteiger partial charge in [-0.25, -0.2) is 4.98 Å². The Morgan fingerprint density at radius 1 is 1.14 bits per heavy atom. The molecule has 0 spiro atoms. The van der Waals surface area contributed by atoms with E-state index >= 15 is 0 Å². The monoisotopic (exact) mass is 388 g/mol. The van der Waals surface area contributed by atoms with Gasteiger partial charge in [0.1, 0.15) is 5.82 Å². The first-order valence-electron chi connectivity index (χ1n) is 10.0. The summed E-state index contributed by atoms with van der Waals surface area (Å²) in [5.41, 5.74) is 3.71. The molecule has 0 radical (unpaired) electrons. The zero-order chi connectivity index (χ0) is 20.0. The van der Waals surface area contributed by atoms with Crippen molar-refractivity contribution in [2.24, 2.45) is 7.05 Å². The number of carbonyl (C=O) groups excluding carboxylic acids is 1. The summed E-state index contributed by atoms with van der Waals surface area (Å²) in [6.45, 7) is 1.13. The molecule has 0 saturated carbocycles. The molecule has 1 saturated heterocycles. The fourth-order valence-corrected chi connectivity index (χ4v) is 4.24. The molecule has 29 heavy (non-hydrogen) atoms. The van der Waals surface area contributed by atoms with Crippen molar-refractivity contribution in [3.63, 3.8) is 0 Å². The first-order valence-corrected chi connectivity index (χ1v) is 10.0. The van der Waals surface area contributed by atoms with Gasteiger partial charge in [-0.1, -0.05) is 12.5 Å². The van der Waals surface area contributed by atoms with Crippen molar-refractivity contribution in [3.8, 4) is 0 Å². The molecule has 4 heterocycles. The van der Waals surface area contributed by atoms with Crippen molar-refractivity contribution in [1.29, 1.82) is 0 Å². The van der Waals surface area contributed by atoms with E-state index in [4.69, 9.17) is 0 Å². The predicted octanol–water partition coefficient (Wildman–Crippen LogP) is 3.86. The number of aromatic amines is 1. The number of hydrogen-bond acceptors (Lipinski definition) is 4. The summed E-state index contributed by atoms with van der Waals surface area (Å²) in [5.74, 6) is 0.358. The smallest absolute Gasteiger partial charge is 0.256 e. The normalized spacial score (nSPS) is 17.8. The fourth-order valence-electron chi connectivity index (χ4n) is 4.24. The minimum absolute atomic E-state index is 0.182. The third-order valence-corrected chi connectivity index (χ3v) is 5.91. The second kappa shape index (κ2) is 7.00. The first kappa shape index (κ1) is 17.9. The summed E-state index contributed by atoms with van der Waals surface area (Å²) in [6.07, 6.45) is 7.29. The maximum atomic E-state index is 12.7.